The third kappa shape index (κ3) is 5.18. The van der Waals surface area contributed by atoms with E-state index in [-0.39, 0.29) is 22.9 Å². The molecule has 1 aromatic heterocycles. The van der Waals surface area contributed by atoms with E-state index in [0.717, 1.165) is 10.4 Å². The van der Waals surface area contributed by atoms with Crippen LogP contribution < -0.4 is 10.1 Å². The van der Waals surface area contributed by atoms with E-state index in [1.54, 1.807) is 24.4 Å². The number of nitrogens with zero attached hydrogens (tertiary/aromatic N) is 2. The van der Waals surface area contributed by atoms with Crippen LogP contribution >= 0.6 is 11.3 Å². The van der Waals surface area contributed by atoms with E-state index in [1.165, 1.54) is 48.8 Å². The molecule has 2 N–H and O–H groups in total. The molecule has 2 aromatic carbocycles. The Labute approximate surface area is 170 Å². The van der Waals surface area contributed by atoms with Crippen molar-refractivity contribution >= 4 is 28.5 Å². The van der Waals surface area contributed by atoms with E-state index < -0.39 is 5.91 Å². The minimum Gasteiger partial charge on any atom is -0.504 e. The zero-order valence-corrected chi connectivity index (χ0v) is 16.2. The standard InChI is InChI=1S/C21H16FN3O3S/c1-28-19-10-14(4-7-18(19)26)8-15(11-23)20(27)25-21-24-12-17(29-21)9-13-2-5-16(22)6-3-13/h2-8,10,12,26H,9H2,1H3,(H,24,25,27)/b15-8+. The molecule has 0 atom stereocenters. The highest BCUT2D eigenvalue weighted by Gasteiger charge is 2.13. The molecule has 1 heterocycles. The first-order valence-electron chi connectivity index (χ1n) is 8.48. The highest BCUT2D eigenvalue weighted by atomic mass is 32.1. The molecule has 0 fully saturated rings. The molecule has 0 radical (unpaired) electrons. The molecule has 6 nitrogen and oxygen atoms in total. The summed E-state index contributed by atoms with van der Waals surface area (Å²) < 4.78 is 18.0. The van der Waals surface area contributed by atoms with E-state index in [1.807, 2.05) is 6.07 Å². The Morgan fingerprint density at radius 1 is 1.34 bits per heavy atom. The number of nitriles is 1. The Kier molecular flexibility index (Phi) is 6.22. The number of nitrogens with one attached hydrogen (secondary N) is 1. The molecule has 146 valence electrons. The van der Waals surface area contributed by atoms with Gasteiger partial charge in [0.25, 0.3) is 5.91 Å². The van der Waals surface area contributed by atoms with E-state index in [2.05, 4.69) is 10.3 Å². The van der Waals surface area contributed by atoms with Gasteiger partial charge in [-0.2, -0.15) is 5.26 Å². The number of amides is 1. The molecule has 29 heavy (non-hydrogen) atoms. The molecular weight excluding hydrogens is 393 g/mol. The summed E-state index contributed by atoms with van der Waals surface area (Å²) in [5.41, 5.74) is 1.34. The van der Waals surface area contributed by atoms with Crippen LogP contribution in [-0.4, -0.2) is 23.1 Å². The normalized spacial score (nSPS) is 11.0. The summed E-state index contributed by atoms with van der Waals surface area (Å²) in [4.78, 5) is 17.5. The number of rotatable bonds is 6. The SMILES string of the molecule is COc1cc(/C=C(\C#N)C(=O)Nc2ncc(Cc3ccc(F)cc3)s2)ccc1O. The van der Waals surface area contributed by atoms with Gasteiger partial charge in [0.15, 0.2) is 16.6 Å². The number of thiazole rings is 1. The quantitative estimate of drug-likeness (QED) is 0.471. The van der Waals surface area contributed by atoms with Crippen molar-refractivity contribution < 1.29 is 19.0 Å². The second-order valence-corrected chi connectivity index (χ2v) is 7.11. The highest BCUT2D eigenvalue weighted by molar-refractivity contribution is 7.15. The fourth-order valence-electron chi connectivity index (χ4n) is 2.51. The molecule has 0 spiro atoms. The lowest BCUT2D eigenvalue weighted by molar-refractivity contribution is -0.112. The van der Waals surface area contributed by atoms with Gasteiger partial charge in [-0.1, -0.05) is 18.2 Å². The summed E-state index contributed by atoms with van der Waals surface area (Å²) in [7, 11) is 1.41. The van der Waals surface area contributed by atoms with Gasteiger partial charge in [-0.25, -0.2) is 9.37 Å². The van der Waals surface area contributed by atoms with Crippen LogP contribution in [0.1, 0.15) is 16.0 Å². The van der Waals surface area contributed by atoms with Crippen molar-refractivity contribution in [2.75, 3.05) is 12.4 Å². The molecule has 0 unspecified atom stereocenters. The van der Waals surface area contributed by atoms with Crippen molar-refractivity contribution in [3.63, 3.8) is 0 Å². The topological polar surface area (TPSA) is 95.2 Å². The van der Waals surface area contributed by atoms with Crippen LogP contribution in [0.2, 0.25) is 0 Å². The number of hydrogen-bond acceptors (Lipinski definition) is 6. The lowest BCUT2D eigenvalue weighted by Gasteiger charge is -2.04. The van der Waals surface area contributed by atoms with Crippen molar-refractivity contribution in [2.45, 2.75) is 6.42 Å². The van der Waals surface area contributed by atoms with Gasteiger partial charge in [0.2, 0.25) is 0 Å². The fraction of sp³-hybridized carbons (Fsp3) is 0.0952. The van der Waals surface area contributed by atoms with Gasteiger partial charge in [-0.15, -0.1) is 11.3 Å². The average Bonchev–Trinajstić information content (AvgIpc) is 3.15. The maximum atomic E-state index is 13.0. The van der Waals surface area contributed by atoms with Gasteiger partial charge in [-0.05, 0) is 41.5 Å². The lowest BCUT2D eigenvalue weighted by Crippen LogP contribution is -2.13. The highest BCUT2D eigenvalue weighted by Crippen LogP contribution is 2.27. The number of benzene rings is 2. The number of phenols is 1. The average molecular weight is 409 g/mol. The number of phenolic OH excluding ortho intramolecular Hbond substituents is 1. The number of anilines is 1. The van der Waals surface area contributed by atoms with Gasteiger partial charge < -0.3 is 9.84 Å². The van der Waals surface area contributed by atoms with Crippen molar-refractivity contribution in [1.82, 2.24) is 4.98 Å². The third-order valence-electron chi connectivity index (χ3n) is 3.95. The number of carbonyl (C=O) groups excluding carboxylic acids is 1. The summed E-state index contributed by atoms with van der Waals surface area (Å²) in [6, 6.07) is 12.5. The minimum absolute atomic E-state index is 0.0379. The zero-order valence-electron chi connectivity index (χ0n) is 15.3. The summed E-state index contributed by atoms with van der Waals surface area (Å²) in [6.45, 7) is 0. The largest absolute Gasteiger partial charge is 0.504 e. The van der Waals surface area contributed by atoms with Gasteiger partial charge in [0, 0.05) is 17.5 Å². The Balaban J connectivity index is 1.71. The van der Waals surface area contributed by atoms with Crippen LogP contribution in [0.4, 0.5) is 9.52 Å². The first-order chi connectivity index (χ1) is 14.0. The minimum atomic E-state index is -0.595. The van der Waals surface area contributed by atoms with Crippen LogP contribution in [-0.2, 0) is 11.2 Å². The van der Waals surface area contributed by atoms with Crippen molar-refractivity contribution in [3.8, 4) is 17.6 Å². The second-order valence-electron chi connectivity index (χ2n) is 5.99. The molecular formula is C21H16FN3O3S. The summed E-state index contributed by atoms with van der Waals surface area (Å²) in [5.74, 6) is -0.693. The maximum absolute atomic E-state index is 13.0. The predicted molar refractivity (Wildman–Crippen MR) is 108 cm³/mol. The molecule has 0 aliphatic rings. The maximum Gasteiger partial charge on any atom is 0.268 e. The first kappa shape index (κ1) is 20.0. The van der Waals surface area contributed by atoms with E-state index in [0.29, 0.717) is 17.1 Å². The number of ether oxygens (including phenoxy) is 1. The van der Waals surface area contributed by atoms with Crippen LogP contribution in [0.15, 0.2) is 54.2 Å². The predicted octanol–water partition coefficient (Wildman–Crippen LogP) is 4.13. The van der Waals surface area contributed by atoms with E-state index in [4.69, 9.17) is 4.74 Å². The molecule has 1 amide bonds. The van der Waals surface area contributed by atoms with Gasteiger partial charge >= 0.3 is 0 Å². The molecule has 0 aliphatic heterocycles. The Bertz CT molecular complexity index is 1100. The van der Waals surface area contributed by atoms with Crippen molar-refractivity contribution in [2.24, 2.45) is 0 Å². The van der Waals surface area contributed by atoms with E-state index >= 15 is 0 Å². The van der Waals surface area contributed by atoms with Gasteiger partial charge in [0.1, 0.15) is 17.5 Å². The lowest BCUT2D eigenvalue weighted by atomic mass is 10.1. The molecule has 0 saturated heterocycles. The molecule has 3 rings (SSSR count). The molecule has 0 aliphatic carbocycles. The number of methoxy groups -OCH3 is 1. The van der Waals surface area contributed by atoms with Crippen LogP contribution in [0, 0.1) is 17.1 Å². The number of carbonyl (C=O) groups is 1. The van der Waals surface area contributed by atoms with Crippen LogP contribution in [0.3, 0.4) is 0 Å². The molecule has 0 bridgehead atoms. The number of aromatic nitrogens is 1. The Morgan fingerprint density at radius 3 is 2.79 bits per heavy atom. The summed E-state index contributed by atoms with van der Waals surface area (Å²) in [5, 5.41) is 21.9. The Hall–Kier alpha value is -3.70. The summed E-state index contributed by atoms with van der Waals surface area (Å²) in [6.07, 6.45) is 3.58. The van der Waals surface area contributed by atoms with Crippen molar-refractivity contribution in [3.05, 3.63) is 76.1 Å². The first-order valence-corrected chi connectivity index (χ1v) is 9.29. The van der Waals surface area contributed by atoms with Crippen LogP contribution in [0.5, 0.6) is 11.5 Å². The second kappa shape index (κ2) is 8.99. The number of hydrogen-bond donors (Lipinski definition) is 2. The Morgan fingerprint density at radius 2 is 2.10 bits per heavy atom. The molecule has 3 aromatic rings. The van der Waals surface area contributed by atoms with Gasteiger partial charge in [0.05, 0.1) is 7.11 Å². The molecule has 0 saturated carbocycles. The number of halogens is 1. The third-order valence-corrected chi connectivity index (χ3v) is 4.86. The van der Waals surface area contributed by atoms with Crippen molar-refractivity contribution in [1.29, 1.82) is 5.26 Å². The summed E-state index contributed by atoms with van der Waals surface area (Å²) >= 11 is 1.28. The van der Waals surface area contributed by atoms with E-state index in [9.17, 15) is 19.6 Å². The monoisotopic (exact) mass is 409 g/mol. The fourth-order valence-corrected chi connectivity index (χ4v) is 3.36. The smallest absolute Gasteiger partial charge is 0.268 e. The van der Waals surface area contributed by atoms with Gasteiger partial charge in [-0.3, -0.25) is 10.1 Å². The molecule has 8 heteroatoms. The number of aromatic hydroxyl groups is 1. The van der Waals surface area contributed by atoms with Crippen LogP contribution in [0.25, 0.3) is 6.08 Å². The zero-order chi connectivity index (χ0) is 20.8.